The largest absolute Gasteiger partial charge is 0.481 e. The van der Waals surface area contributed by atoms with Crippen LogP contribution in [-0.4, -0.2) is 68.5 Å². The summed E-state index contributed by atoms with van der Waals surface area (Å²) in [5.74, 6) is -1.72. The number of benzene rings is 1. The highest BCUT2D eigenvalue weighted by Gasteiger charge is 2.44. The van der Waals surface area contributed by atoms with Crippen molar-refractivity contribution in [1.82, 2.24) is 20.5 Å². The van der Waals surface area contributed by atoms with Gasteiger partial charge in [0.05, 0.1) is 28.2 Å². The average Bonchev–Trinajstić information content (AvgIpc) is 3.57. The minimum atomic E-state index is -0.855. The van der Waals surface area contributed by atoms with Crippen molar-refractivity contribution in [2.45, 2.75) is 117 Å². The topological polar surface area (TPSA) is 149 Å². The smallest absolute Gasteiger partial charge is 0.303 e. The van der Waals surface area contributed by atoms with E-state index in [9.17, 15) is 24.3 Å². The molecule has 2 unspecified atom stereocenters. The van der Waals surface area contributed by atoms with Crippen molar-refractivity contribution in [3.05, 3.63) is 41.0 Å². The van der Waals surface area contributed by atoms with Crippen LogP contribution in [0.1, 0.15) is 103 Å². The number of thiazole rings is 1. The van der Waals surface area contributed by atoms with Gasteiger partial charge < -0.3 is 25.7 Å². The Kier molecular flexibility index (Phi) is 12.9. The maximum absolute atomic E-state index is 13.8. The van der Waals surface area contributed by atoms with Crippen LogP contribution in [0.25, 0.3) is 10.4 Å². The van der Waals surface area contributed by atoms with Crippen LogP contribution in [0, 0.1) is 12.3 Å². The molecule has 10 nitrogen and oxygen atoms in total. The third-order valence-corrected chi connectivity index (χ3v) is 9.08. The van der Waals surface area contributed by atoms with Crippen molar-refractivity contribution in [1.29, 1.82) is 0 Å². The van der Waals surface area contributed by atoms with Crippen molar-refractivity contribution in [3.8, 4) is 10.4 Å². The summed E-state index contributed by atoms with van der Waals surface area (Å²) in [6, 6.07) is 5.93. The summed E-state index contributed by atoms with van der Waals surface area (Å²) < 4.78 is 0. The Morgan fingerprint density at radius 1 is 1.00 bits per heavy atom. The number of aromatic nitrogens is 1. The minimum Gasteiger partial charge on any atom is -0.481 e. The molecule has 2 heterocycles. The molecule has 44 heavy (non-hydrogen) atoms. The number of amides is 3. The van der Waals surface area contributed by atoms with E-state index in [0.29, 0.717) is 12.8 Å². The Morgan fingerprint density at radius 2 is 1.61 bits per heavy atom. The lowest BCUT2D eigenvalue weighted by Gasteiger charge is -2.35. The van der Waals surface area contributed by atoms with Crippen LogP contribution >= 0.6 is 11.3 Å². The van der Waals surface area contributed by atoms with Crippen LogP contribution in [0.5, 0.6) is 0 Å². The number of likely N-dealkylation sites (tertiary alicyclic amines) is 1. The monoisotopic (exact) mass is 628 g/mol. The number of rotatable bonds is 15. The second-order valence-electron chi connectivity index (χ2n) is 12.9. The molecule has 0 bridgehead atoms. The number of nitrogens with zero attached hydrogens (tertiary/aromatic N) is 2. The lowest BCUT2D eigenvalue weighted by Crippen LogP contribution is -2.57. The van der Waals surface area contributed by atoms with Crippen molar-refractivity contribution in [2.24, 2.45) is 5.41 Å². The number of β-amino-alcohol motifs (C(OH)–C–C–N with tert-alkyl or cyclic N) is 1. The first kappa shape index (κ1) is 35.2. The molecule has 1 aromatic heterocycles. The molecule has 3 rings (SSSR count). The van der Waals surface area contributed by atoms with Gasteiger partial charge in [-0.25, -0.2) is 4.98 Å². The second kappa shape index (κ2) is 16.1. The standard InChI is InChI=1S/C33H48N4O6S/c1-21(23-14-16-24(17-15-23)29-22(2)34-20-44-29)35-31(42)26-18-25(38)19-37(26)32(43)30(33(3,4)5)36-27(39)12-10-8-6-7-9-11-13-28(40)41/h14-17,20-21,25-26,30,38H,6-13,18-19H2,1-5H3,(H,35,42)(H,36,39)(H,40,41)/t21?,25-,26+,30?/m1/s1. The lowest BCUT2D eigenvalue weighted by molar-refractivity contribution is -0.144. The zero-order valence-corrected chi connectivity index (χ0v) is 27.4. The van der Waals surface area contributed by atoms with E-state index in [0.717, 1.165) is 47.4 Å². The van der Waals surface area contributed by atoms with E-state index in [1.807, 2.05) is 64.4 Å². The lowest BCUT2D eigenvalue weighted by atomic mass is 9.85. The van der Waals surface area contributed by atoms with E-state index in [2.05, 4.69) is 15.6 Å². The number of hydrogen-bond acceptors (Lipinski definition) is 7. The van der Waals surface area contributed by atoms with E-state index in [1.165, 1.54) is 4.90 Å². The van der Waals surface area contributed by atoms with Gasteiger partial charge in [-0.15, -0.1) is 11.3 Å². The summed E-state index contributed by atoms with van der Waals surface area (Å²) in [6.45, 7) is 9.49. The molecule has 242 valence electrons. The fourth-order valence-corrected chi connectivity index (χ4v) is 6.33. The number of unbranched alkanes of at least 4 members (excludes halogenated alkanes) is 5. The molecule has 4 atom stereocenters. The number of aliphatic hydroxyl groups excluding tert-OH is 1. The Balaban J connectivity index is 1.57. The van der Waals surface area contributed by atoms with Gasteiger partial charge in [0.15, 0.2) is 0 Å². The zero-order chi connectivity index (χ0) is 32.4. The molecule has 1 fully saturated rings. The number of carbonyl (C=O) groups is 4. The van der Waals surface area contributed by atoms with E-state index in [-0.39, 0.29) is 49.6 Å². The molecule has 1 aromatic carbocycles. The van der Waals surface area contributed by atoms with Crippen molar-refractivity contribution in [2.75, 3.05) is 6.54 Å². The first-order valence-corrected chi connectivity index (χ1v) is 16.5. The minimum absolute atomic E-state index is 0.0263. The maximum Gasteiger partial charge on any atom is 0.303 e. The first-order chi connectivity index (χ1) is 20.8. The van der Waals surface area contributed by atoms with Gasteiger partial charge in [-0.05, 0) is 43.2 Å². The SMILES string of the molecule is Cc1ncsc1-c1ccc(C(C)NC(=O)[C@@H]2C[C@@H](O)CN2C(=O)C(NC(=O)CCCCCCCCC(=O)O)C(C)(C)C)cc1. The van der Waals surface area contributed by atoms with Gasteiger partial charge in [0.1, 0.15) is 12.1 Å². The molecule has 3 amide bonds. The molecule has 0 radical (unpaired) electrons. The predicted octanol–water partition coefficient (Wildman–Crippen LogP) is 4.99. The van der Waals surface area contributed by atoms with Crippen molar-refractivity contribution >= 4 is 35.0 Å². The molecule has 0 aliphatic carbocycles. The third kappa shape index (κ3) is 10.1. The summed E-state index contributed by atoms with van der Waals surface area (Å²) in [6.07, 6.45) is 4.64. The molecular weight excluding hydrogens is 580 g/mol. The van der Waals surface area contributed by atoms with Crippen LogP contribution in [0.4, 0.5) is 0 Å². The molecule has 0 spiro atoms. The summed E-state index contributed by atoms with van der Waals surface area (Å²) in [7, 11) is 0. The quantitative estimate of drug-likeness (QED) is 0.203. The molecule has 2 aromatic rings. The highest BCUT2D eigenvalue weighted by molar-refractivity contribution is 7.13. The van der Waals surface area contributed by atoms with Crippen LogP contribution in [0.15, 0.2) is 29.8 Å². The van der Waals surface area contributed by atoms with Gasteiger partial charge in [0, 0.05) is 25.8 Å². The van der Waals surface area contributed by atoms with E-state index in [1.54, 1.807) is 11.3 Å². The summed E-state index contributed by atoms with van der Waals surface area (Å²) in [4.78, 5) is 57.5. The normalized spacial score (nSPS) is 18.1. The van der Waals surface area contributed by atoms with Crippen LogP contribution in [0.2, 0.25) is 0 Å². The Bertz CT molecular complexity index is 1270. The second-order valence-corrected chi connectivity index (χ2v) is 13.8. The average molecular weight is 629 g/mol. The number of carboxylic acid groups (broad SMARTS) is 1. The number of carboxylic acids is 1. The number of hydrogen-bond donors (Lipinski definition) is 4. The van der Waals surface area contributed by atoms with Crippen LogP contribution in [0.3, 0.4) is 0 Å². The summed E-state index contributed by atoms with van der Waals surface area (Å²) >= 11 is 1.58. The number of carbonyl (C=O) groups excluding carboxylic acids is 3. The molecule has 1 aliphatic heterocycles. The molecule has 1 saturated heterocycles. The zero-order valence-electron chi connectivity index (χ0n) is 26.6. The van der Waals surface area contributed by atoms with E-state index < -0.39 is 29.6 Å². The summed E-state index contributed by atoms with van der Waals surface area (Å²) in [5.41, 5.74) is 4.15. The van der Waals surface area contributed by atoms with Crippen LogP contribution < -0.4 is 10.6 Å². The first-order valence-electron chi connectivity index (χ1n) is 15.6. The summed E-state index contributed by atoms with van der Waals surface area (Å²) in [5, 5.41) is 25.1. The van der Waals surface area contributed by atoms with Gasteiger partial charge in [0.25, 0.3) is 0 Å². The van der Waals surface area contributed by atoms with Gasteiger partial charge in [-0.1, -0.05) is 70.7 Å². The number of aryl methyl sites for hydroxylation is 1. The van der Waals surface area contributed by atoms with E-state index >= 15 is 0 Å². The maximum atomic E-state index is 13.8. The third-order valence-electron chi connectivity index (χ3n) is 8.10. The van der Waals surface area contributed by atoms with Gasteiger partial charge in [-0.2, -0.15) is 0 Å². The predicted molar refractivity (Wildman–Crippen MR) is 171 cm³/mol. The number of aliphatic hydroxyl groups is 1. The molecule has 4 N–H and O–H groups in total. The molecule has 1 aliphatic rings. The van der Waals surface area contributed by atoms with Gasteiger partial charge >= 0.3 is 5.97 Å². The van der Waals surface area contributed by atoms with Crippen LogP contribution in [-0.2, 0) is 19.2 Å². The van der Waals surface area contributed by atoms with Crippen molar-refractivity contribution in [3.63, 3.8) is 0 Å². The number of aliphatic carboxylic acids is 1. The van der Waals surface area contributed by atoms with Gasteiger partial charge in [0.2, 0.25) is 17.7 Å². The van der Waals surface area contributed by atoms with Gasteiger partial charge in [-0.3, -0.25) is 19.2 Å². The Morgan fingerprint density at radius 3 is 2.18 bits per heavy atom. The molecular formula is C33H48N4O6S. The van der Waals surface area contributed by atoms with E-state index in [4.69, 9.17) is 5.11 Å². The fraction of sp³-hybridized carbons (Fsp3) is 0.606. The highest BCUT2D eigenvalue weighted by Crippen LogP contribution is 2.29. The number of nitrogens with one attached hydrogen (secondary N) is 2. The fourth-order valence-electron chi connectivity index (χ4n) is 5.52. The Labute approximate surface area is 264 Å². The molecule has 0 saturated carbocycles. The highest BCUT2D eigenvalue weighted by atomic mass is 32.1. The molecule has 11 heteroatoms. The Hall–Kier alpha value is -3.31. The van der Waals surface area contributed by atoms with Crippen molar-refractivity contribution < 1.29 is 29.4 Å².